The molecule has 2 amide bonds. The Bertz CT molecular complexity index is 1210. The number of hydrogen-bond acceptors (Lipinski definition) is 5. The number of rotatable bonds is 4. The highest BCUT2D eigenvalue weighted by Gasteiger charge is 2.29. The summed E-state index contributed by atoms with van der Waals surface area (Å²) in [5.74, 6) is -3.18. The van der Waals surface area contributed by atoms with E-state index in [1.54, 1.807) is 0 Å². The molecule has 0 spiro atoms. The molecule has 0 unspecified atom stereocenters. The molecule has 0 bridgehead atoms. The van der Waals surface area contributed by atoms with Crippen molar-refractivity contribution in [3.8, 4) is 11.3 Å². The average Bonchev–Trinajstić information content (AvgIpc) is 3.14. The van der Waals surface area contributed by atoms with E-state index in [0.29, 0.717) is 12.2 Å². The SMILES string of the molecule is CNC(=O)c1cc(F)c(-c2nc3cc(F)ccn3c2C[C@H]2CN(C(=O)OC)CCO2)c(F)c1. The van der Waals surface area contributed by atoms with E-state index in [1.165, 1.54) is 35.7 Å². The van der Waals surface area contributed by atoms with Crippen LogP contribution in [0.3, 0.4) is 0 Å². The minimum Gasteiger partial charge on any atom is -0.453 e. The molecule has 1 aliphatic rings. The number of pyridine rings is 1. The Morgan fingerprint density at radius 3 is 2.64 bits per heavy atom. The third kappa shape index (κ3) is 4.36. The maximum atomic E-state index is 15.0. The minimum absolute atomic E-state index is 0.0437. The van der Waals surface area contributed by atoms with Crippen LogP contribution in [-0.4, -0.2) is 66.2 Å². The molecule has 11 heteroatoms. The summed E-state index contributed by atoms with van der Waals surface area (Å²) >= 11 is 0. The molecule has 1 N–H and O–H groups in total. The predicted molar refractivity (Wildman–Crippen MR) is 111 cm³/mol. The van der Waals surface area contributed by atoms with Gasteiger partial charge in [0.25, 0.3) is 5.91 Å². The van der Waals surface area contributed by atoms with E-state index in [2.05, 4.69) is 10.3 Å². The molecule has 0 saturated carbocycles. The molecule has 2 aromatic heterocycles. The van der Waals surface area contributed by atoms with Gasteiger partial charge in [-0.15, -0.1) is 0 Å². The average molecular weight is 462 g/mol. The number of aromatic nitrogens is 2. The van der Waals surface area contributed by atoms with Gasteiger partial charge in [-0.25, -0.2) is 22.9 Å². The first-order valence-electron chi connectivity index (χ1n) is 10.1. The predicted octanol–water partition coefficient (Wildman–Crippen LogP) is 2.79. The molecule has 4 rings (SSSR count). The molecule has 3 heterocycles. The Labute approximate surface area is 186 Å². The molecule has 0 aliphatic carbocycles. The fourth-order valence-corrected chi connectivity index (χ4v) is 3.89. The molecule has 0 radical (unpaired) electrons. The van der Waals surface area contributed by atoms with Gasteiger partial charge in [0.1, 0.15) is 23.1 Å². The second-order valence-corrected chi connectivity index (χ2v) is 7.49. The Morgan fingerprint density at radius 1 is 1.24 bits per heavy atom. The first-order valence-corrected chi connectivity index (χ1v) is 10.1. The lowest BCUT2D eigenvalue weighted by Gasteiger charge is -2.32. The number of halogens is 3. The van der Waals surface area contributed by atoms with Crippen LogP contribution in [-0.2, 0) is 15.9 Å². The van der Waals surface area contributed by atoms with Crippen LogP contribution in [0, 0.1) is 17.5 Å². The van der Waals surface area contributed by atoms with E-state index in [4.69, 9.17) is 9.47 Å². The van der Waals surface area contributed by atoms with Crippen LogP contribution in [0.4, 0.5) is 18.0 Å². The van der Waals surface area contributed by atoms with Crippen molar-refractivity contribution in [1.82, 2.24) is 19.6 Å². The van der Waals surface area contributed by atoms with E-state index in [0.717, 1.165) is 18.2 Å². The van der Waals surface area contributed by atoms with E-state index in [1.807, 2.05) is 0 Å². The molecule has 1 saturated heterocycles. The van der Waals surface area contributed by atoms with E-state index >= 15 is 8.78 Å². The van der Waals surface area contributed by atoms with E-state index in [9.17, 15) is 14.0 Å². The zero-order valence-corrected chi connectivity index (χ0v) is 17.9. The van der Waals surface area contributed by atoms with Gasteiger partial charge >= 0.3 is 6.09 Å². The summed E-state index contributed by atoms with van der Waals surface area (Å²) in [5.41, 5.74) is -0.154. The van der Waals surface area contributed by atoms with Crippen LogP contribution in [0.5, 0.6) is 0 Å². The van der Waals surface area contributed by atoms with Crippen LogP contribution in [0.2, 0.25) is 0 Å². The number of benzene rings is 1. The Kier molecular flexibility index (Phi) is 6.23. The lowest BCUT2D eigenvalue weighted by molar-refractivity contribution is -0.0241. The van der Waals surface area contributed by atoms with Crippen LogP contribution in [0.15, 0.2) is 30.5 Å². The number of morpholine rings is 1. The molecule has 1 aromatic carbocycles. The number of ether oxygens (including phenoxy) is 2. The lowest BCUT2D eigenvalue weighted by atomic mass is 10.0. The highest BCUT2D eigenvalue weighted by molar-refractivity contribution is 5.94. The molecular formula is C22H21F3N4O4. The number of amides is 2. The topological polar surface area (TPSA) is 85.2 Å². The quantitative estimate of drug-likeness (QED) is 0.645. The zero-order valence-electron chi connectivity index (χ0n) is 17.9. The summed E-state index contributed by atoms with van der Waals surface area (Å²) in [6, 6.07) is 4.18. The van der Waals surface area contributed by atoms with Gasteiger partial charge in [-0.1, -0.05) is 0 Å². The molecule has 33 heavy (non-hydrogen) atoms. The van der Waals surface area contributed by atoms with Gasteiger partial charge in [0.15, 0.2) is 0 Å². The van der Waals surface area contributed by atoms with Crippen molar-refractivity contribution in [2.75, 3.05) is 33.9 Å². The van der Waals surface area contributed by atoms with Crippen molar-refractivity contribution in [1.29, 1.82) is 0 Å². The van der Waals surface area contributed by atoms with Crippen molar-refractivity contribution in [2.24, 2.45) is 0 Å². The molecular weight excluding hydrogens is 441 g/mol. The highest BCUT2D eigenvalue weighted by Crippen LogP contribution is 2.32. The fraction of sp³-hybridized carbons (Fsp3) is 0.318. The van der Waals surface area contributed by atoms with Gasteiger partial charge in [-0.05, 0) is 18.2 Å². The molecule has 1 fully saturated rings. The monoisotopic (exact) mass is 462 g/mol. The molecule has 3 aromatic rings. The summed E-state index contributed by atoms with van der Waals surface area (Å²) < 4.78 is 55.9. The first kappa shape index (κ1) is 22.6. The standard InChI is InChI=1S/C22H21F3N4O4/c1-26-21(30)12-7-15(24)19(16(25)8-12)20-17(29-4-3-13(23)9-18(29)27-20)10-14-11-28(5-6-33-14)22(31)32-2/h3-4,7-9,14H,5-6,10-11H2,1-2H3,(H,26,30)/t14-/m0/s1. The fourth-order valence-electron chi connectivity index (χ4n) is 3.89. The Hall–Kier alpha value is -3.60. The van der Waals surface area contributed by atoms with Crippen molar-refractivity contribution in [2.45, 2.75) is 12.5 Å². The second-order valence-electron chi connectivity index (χ2n) is 7.49. The van der Waals surface area contributed by atoms with Crippen LogP contribution < -0.4 is 5.32 Å². The number of imidazole rings is 1. The van der Waals surface area contributed by atoms with Gasteiger partial charge in [0.05, 0.1) is 43.3 Å². The van der Waals surface area contributed by atoms with Crippen molar-refractivity contribution < 1.29 is 32.2 Å². The smallest absolute Gasteiger partial charge is 0.409 e. The summed E-state index contributed by atoms with van der Waals surface area (Å²) in [4.78, 5) is 29.5. The number of fused-ring (bicyclic) bond motifs is 1. The number of hydrogen-bond donors (Lipinski definition) is 1. The lowest BCUT2D eigenvalue weighted by Crippen LogP contribution is -2.46. The van der Waals surface area contributed by atoms with Gasteiger partial charge in [0.2, 0.25) is 0 Å². The number of carbonyl (C=O) groups excluding carboxylic acids is 2. The summed E-state index contributed by atoms with van der Waals surface area (Å²) in [6.45, 7) is 0.795. The van der Waals surface area contributed by atoms with Gasteiger partial charge in [-0.2, -0.15) is 0 Å². The molecule has 8 nitrogen and oxygen atoms in total. The third-order valence-electron chi connectivity index (χ3n) is 5.45. The second kappa shape index (κ2) is 9.10. The largest absolute Gasteiger partial charge is 0.453 e. The van der Waals surface area contributed by atoms with Gasteiger partial charge in [-0.3, -0.25) is 4.79 Å². The third-order valence-corrected chi connectivity index (χ3v) is 5.45. The molecule has 1 atom stereocenters. The van der Waals surface area contributed by atoms with Crippen molar-refractivity contribution in [3.05, 3.63) is 59.2 Å². The zero-order chi connectivity index (χ0) is 23.7. The normalized spacial score (nSPS) is 16.2. The first-order chi connectivity index (χ1) is 15.8. The highest BCUT2D eigenvalue weighted by atomic mass is 19.1. The van der Waals surface area contributed by atoms with Crippen LogP contribution >= 0.6 is 0 Å². The number of methoxy groups -OCH3 is 1. The summed E-state index contributed by atoms with van der Waals surface area (Å²) in [6.07, 6.45) is 0.515. The number of nitrogens with zero attached hydrogens (tertiary/aromatic N) is 3. The van der Waals surface area contributed by atoms with Crippen LogP contribution in [0.1, 0.15) is 16.1 Å². The van der Waals surface area contributed by atoms with E-state index in [-0.39, 0.29) is 36.5 Å². The Balaban J connectivity index is 1.79. The maximum absolute atomic E-state index is 15.0. The van der Waals surface area contributed by atoms with Crippen LogP contribution in [0.25, 0.3) is 16.9 Å². The summed E-state index contributed by atoms with van der Waals surface area (Å²) in [5, 5.41) is 2.31. The minimum atomic E-state index is -0.987. The summed E-state index contributed by atoms with van der Waals surface area (Å²) in [7, 11) is 2.63. The number of nitrogens with one attached hydrogen (secondary N) is 1. The number of carbonyl (C=O) groups is 2. The molecule has 1 aliphatic heterocycles. The van der Waals surface area contributed by atoms with Crippen molar-refractivity contribution >= 4 is 17.6 Å². The van der Waals surface area contributed by atoms with Gasteiger partial charge in [0, 0.05) is 37.8 Å². The molecule has 174 valence electrons. The van der Waals surface area contributed by atoms with Crippen molar-refractivity contribution in [3.63, 3.8) is 0 Å². The maximum Gasteiger partial charge on any atom is 0.409 e. The van der Waals surface area contributed by atoms with Gasteiger partial charge < -0.3 is 24.1 Å². The van der Waals surface area contributed by atoms with E-state index < -0.39 is 41.1 Å². The Morgan fingerprint density at radius 2 is 1.97 bits per heavy atom.